The summed E-state index contributed by atoms with van der Waals surface area (Å²) in [6.45, 7) is 6.45. The molecular formula is C66H116O6. The number of ether oxygens (including phenoxy) is 3. The second-order valence-corrected chi connectivity index (χ2v) is 20.6. The zero-order valence-corrected chi connectivity index (χ0v) is 47.7. The molecule has 6 heteroatoms. The third-order valence-corrected chi connectivity index (χ3v) is 13.5. The molecule has 0 bridgehead atoms. The van der Waals surface area contributed by atoms with Crippen molar-refractivity contribution in [3.63, 3.8) is 0 Å². The first kappa shape index (κ1) is 68.8. The Morgan fingerprint density at radius 2 is 0.542 bits per heavy atom. The van der Waals surface area contributed by atoms with Gasteiger partial charge >= 0.3 is 17.9 Å². The topological polar surface area (TPSA) is 78.9 Å². The van der Waals surface area contributed by atoms with Crippen LogP contribution in [0.15, 0.2) is 72.9 Å². The minimum absolute atomic E-state index is 0.102. The summed E-state index contributed by atoms with van der Waals surface area (Å²) in [6, 6.07) is 0. The quantitative estimate of drug-likeness (QED) is 0.0261. The third-order valence-electron chi connectivity index (χ3n) is 13.5. The molecule has 0 saturated heterocycles. The SMILES string of the molecule is CC/C=C\C/C=C\C/C=C\C/C=C\C/C=C\C/C=C\CCC(=O)OC(COC(=O)CCCCCCCCC)COC(=O)CCCCCCCCCCCCCCCCCCCCCCCCCCCCCC. The molecule has 0 amide bonds. The maximum absolute atomic E-state index is 12.8. The lowest BCUT2D eigenvalue weighted by Crippen LogP contribution is -2.30. The van der Waals surface area contributed by atoms with Gasteiger partial charge in [0.1, 0.15) is 13.2 Å². The molecule has 0 heterocycles. The van der Waals surface area contributed by atoms with Crippen LogP contribution in [0.5, 0.6) is 0 Å². The van der Waals surface area contributed by atoms with Crippen molar-refractivity contribution < 1.29 is 28.6 Å². The summed E-state index contributed by atoms with van der Waals surface area (Å²) >= 11 is 0. The highest BCUT2D eigenvalue weighted by Crippen LogP contribution is 2.17. The van der Waals surface area contributed by atoms with Crippen LogP contribution in [-0.2, 0) is 28.6 Å². The third kappa shape index (κ3) is 57.7. The Morgan fingerprint density at radius 1 is 0.292 bits per heavy atom. The van der Waals surface area contributed by atoms with Crippen LogP contribution in [-0.4, -0.2) is 37.2 Å². The molecule has 0 aromatic rings. The molecule has 0 aliphatic heterocycles. The lowest BCUT2D eigenvalue weighted by molar-refractivity contribution is -0.166. The molecule has 0 aliphatic rings. The van der Waals surface area contributed by atoms with Crippen LogP contribution in [0.3, 0.4) is 0 Å². The minimum atomic E-state index is -0.812. The molecule has 1 atom stereocenters. The van der Waals surface area contributed by atoms with E-state index in [2.05, 4.69) is 87.6 Å². The highest BCUT2D eigenvalue weighted by Gasteiger charge is 2.19. The Hall–Kier alpha value is -3.15. The molecule has 416 valence electrons. The van der Waals surface area contributed by atoms with Crippen LogP contribution in [0.4, 0.5) is 0 Å². The number of allylic oxidation sites excluding steroid dienone is 12. The van der Waals surface area contributed by atoms with Crippen LogP contribution in [0, 0.1) is 0 Å². The Kier molecular flexibility index (Phi) is 57.8. The predicted molar refractivity (Wildman–Crippen MR) is 311 cm³/mol. The maximum Gasteiger partial charge on any atom is 0.306 e. The zero-order chi connectivity index (χ0) is 52.2. The zero-order valence-electron chi connectivity index (χ0n) is 47.7. The van der Waals surface area contributed by atoms with Crippen LogP contribution in [0.25, 0.3) is 0 Å². The van der Waals surface area contributed by atoms with Gasteiger partial charge in [-0.2, -0.15) is 0 Å². The number of carbonyl (C=O) groups excluding carboxylic acids is 3. The first-order valence-corrected chi connectivity index (χ1v) is 30.9. The Balaban J connectivity index is 4.15. The standard InChI is InChI=1S/C66H116O6/c1-4-7-10-13-16-18-20-22-24-26-28-29-30-31-32-33-34-35-36-38-39-41-43-45-47-50-53-56-59-65(68)71-62-63(61-70-64(67)58-55-52-49-15-12-9-6-3)72-66(69)60-57-54-51-48-46-44-42-40-37-27-25-23-21-19-17-14-11-8-5-2/h8,11,17,19,23,25,37,40,44,46,51,54,63H,4-7,9-10,12-16,18,20-22,24,26-36,38-39,41-43,45,47-50,52-53,55-62H2,1-3H3/b11-8-,19-17-,25-23-,40-37-,46-44-,54-51-. The van der Waals surface area contributed by atoms with Crippen molar-refractivity contribution in [2.45, 2.75) is 316 Å². The van der Waals surface area contributed by atoms with Crippen LogP contribution in [0.1, 0.15) is 310 Å². The van der Waals surface area contributed by atoms with Crippen molar-refractivity contribution in [2.24, 2.45) is 0 Å². The van der Waals surface area contributed by atoms with Gasteiger partial charge in [0.05, 0.1) is 0 Å². The van der Waals surface area contributed by atoms with E-state index in [4.69, 9.17) is 14.2 Å². The maximum atomic E-state index is 12.8. The average Bonchev–Trinajstić information content (AvgIpc) is 3.38. The van der Waals surface area contributed by atoms with E-state index in [-0.39, 0.29) is 37.5 Å². The van der Waals surface area contributed by atoms with Crippen LogP contribution >= 0.6 is 0 Å². The number of hydrogen-bond acceptors (Lipinski definition) is 6. The molecule has 0 fully saturated rings. The van der Waals surface area contributed by atoms with Gasteiger partial charge in [0.2, 0.25) is 0 Å². The first-order valence-electron chi connectivity index (χ1n) is 30.9. The smallest absolute Gasteiger partial charge is 0.306 e. The summed E-state index contributed by atoms with van der Waals surface area (Å²) in [5.41, 5.74) is 0. The normalized spacial score (nSPS) is 12.5. The van der Waals surface area contributed by atoms with Crippen molar-refractivity contribution in [3.8, 4) is 0 Å². The lowest BCUT2D eigenvalue weighted by Gasteiger charge is -2.18. The number of carbonyl (C=O) groups is 3. The van der Waals surface area contributed by atoms with E-state index >= 15 is 0 Å². The van der Waals surface area contributed by atoms with E-state index in [1.54, 1.807) is 0 Å². The highest BCUT2D eigenvalue weighted by molar-refractivity contribution is 5.71. The monoisotopic (exact) mass is 1000 g/mol. The van der Waals surface area contributed by atoms with E-state index in [0.717, 1.165) is 77.0 Å². The Bertz CT molecular complexity index is 1340. The van der Waals surface area contributed by atoms with Crippen molar-refractivity contribution in [2.75, 3.05) is 13.2 Å². The second kappa shape index (κ2) is 60.4. The molecule has 0 aromatic heterocycles. The summed E-state index contributed by atoms with van der Waals surface area (Å²) < 4.78 is 16.7. The van der Waals surface area contributed by atoms with E-state index in [1.807, 2.05) is 6.08 Å². The molecule has 6 nitrogen and oxygen atoms in total. The molecule has 72 heavy (non-hydrogen) atoms. The van der Waals surface area contributed by atoms with Gasteiger partial charge in [-0.15, -0.1) is 0 Å². The van der Waals surface area contributed by atoms with Gasteiger partial charge in [-0.05, 0) is 57.8 Å². The predicted octanol–water partition coefficient (Wildman–Crippen LogP) is 20.9. The van der Waals surface area contributed by atoms with Crippen molar-refractivity contribution in [1.29, 1.82) is 0 Å². The van der Waals surface area contributed by atoms with Crippen molar-refractivity contribution >= 4 is 17.9 Å². The summed E-state index contributed by atoms with van der Waals surface area (Å²) in [6.07, 6.45) is 78.2. The van der Waals surface area contributed by atoms with Gasteiger partial charge < -0.3 is 14.2 Å². The number of hydrogen-bond donors (Lipinski definition) is 0. The summed E-state index contributed by atoms with van der Waals surface area (Å²) in [7, 11) is 0. The summed E-state index contributed by atoms with van der Waals surface area (Å²) in [5.74, 6) is -0.984. The molecule has 1 unspecified atom stereocenters. The van der Waals surface area contributed by atoms with Gasteiger partial charge in [-0.25, -0.2) is 0 Å². The molecule has 0 N–H and O–H groups in total. The van der Waals surface area contributed by atoms with Gasteiger partial charge in [-0.3, -0.25) is 14.4 Å². The van der Waals surface area contributed by atoms with E-state index in [9.17, 15) is 14.4 Å². The fourth-order valence-electron chi connectivity index (χ4n) is 8.88. The Morgan fingerprint density at radius 3 is 0.819 bits per heavy atom. The minimum Gasteiger partial charge on any atom is -0.462 e. The van der Waals surface area contributed by atoms with Crippen molar-refractivity contribution in [1.82, 2.24) is 0 Å². The molecule has 0 aromatic carbocycles. The molecule has 0 saturated carbocycles. The molecule has 0 radical (unpaired) electrons. The van der Waals surface area contributed by atoms with Crippen LogP contribution < -0.4 is 0 Å². The molecule has 0 rings (SSSR count). The molecular weight excluding hydrogens is 889 g/mol. The summed E-state index contributed by atoms with van der Waals surface area (Å²) in [5, 5.41) is 0. The van der Waals surface area contributed by atoms with Gasteiger partial charge in [-0.1, -0.05) is 306 Å². The second-order valence-electron chi connectivity index (χ2n) is 20.6. The number of unbranched alkanes of at least 4 members (excludes halogenated alkanes) is 33. The largest absolute Gasteiger partial charge is 0.462 e. The number of esters is 3. The fourth-order valence-corrected chi connectivity index (χ4v) is 8.88. The average molecular weight is 1010 g/mol. The van der Waals surface area contributed by atoms with Gasteiger partial charge in [0, 0.05) is 19.3 Å². The van der Waals surface area contributed by atoms with Crippen LogP contribution in [0.2, 0.25) is 0 Å². The van der Waals surface area contributed by atoms with E-state index in [0.29, 0.717) is 19.3 Å². The van der Waals surface area contributed by atoms with Gasteiger partial charge in [0.25, 0.3) is 0 Å². The van der Waals surface area contributed by atoms with E-state index in [1.165, 1.54) is 186 Å². The van der Waals surface area contributed by atoms with E-state index < -0.39 is 6.10 Å². The molecule has 0 aliphatic carbocycles. The first-order chi connectivity index (χ1) is 35.5. The number of rotatable bonds is 56. The molecule has 0 spiro atoms. The fraction of sp³-hybridized carbons (Fsp3) is 0.773. The van der Waals surface area contributed by atoms with Crippen molar-refractivity contribution in [3.05, 3.63) is 72.9 Å². The highest BCUT2D eigenvalue weighted by atomic mass is 16.6. The Labute approximate surface area is 446 Å². The van der Waals surface area contributed by atoms with Gasteiger partial charge in [0.15, 0.2) is 6.10 Å². The lowest BCUT2D eigenvalue weighted by atomic mass is 10.0. The summed E-state index contributed by atoms with van der Waals surface area (Å²) in [4.78, 5) is 37.9.